The Morgan fingerprint density at radius 1 is 1.38 bits per heavy atom. The highest BCUT2D eigenvalue weighted by Crippen LogP contribution is 2.28. The Kier molecular flexibility index (Phi) is 7.20. The summed E-state index contributed by atoms with van der Waals surface area (Å²) in [7, 11) is 0. The number of thiocarbonyl (C=S) groups is 1. The van der Waals surface area contributed by atoms with Crippen molar-refractivity contribution in [3.05, 3.63) is 46.9 Å². The van der Waals surface area contributed by atoms with Gasteiger partial charge in [-0.15, -0.1) is 0 Å². The molecule has 4 nitrogen and oxygen atoms in total. The van der Waals surface area contributed by atoms with Crippen LogP contribution in [0.1, 0.15) is 24.4 Å². The molecule has 0 aliphatic heterocycles. The van der Waals surface area contributed by atoms with E-state index < -0.39 is 6.17 Å². The van der Waals surface area contributed by atoms with Crippen molar-refractivity contribution in [2.24, 2.45) is 0 Å². The molecular weight excluding hydrogens is 369 g/mol. The van der Waals surface area contributed by atoms with E-state index in [1.54, 1.807) is 0 Å². The van der Waals surface area contributed by atoms with E-state index in [4.69, 9.17) is 28.6 Å². The molecule has 1 N–H and O–H groups in total. The van der Waals surface area contributed by atoms with Crippen LogP contribution in [0, 0.1) is 0 Å². The van der Waals surface area contributed by atoms with E-state index in [-0.39, 0.29) is 10.7 Å². The Morgan fingerprint density at radius 3 is 2.71 bits per heavy atom. The third kappa shape index (κ3) is 5.29. The summed E-state index contributed by atoms with van der Waals surface area (Å²) in [5.41, 5.74) is 1.31. The molecule has 128 valence electrons. The standard InChI is InChI=1S/C16H17ClFN3OS2/c1-10(18)14-13(17)15(21-9-20-14)19-8-7-11-3-5-12(6-4-11)22-16(23)24-2/h3-6,9-10H,7-8H2,1-2H3,(H,19,20,21). The number of benzene rings is 1. The lowest BCUT2D eigenvalue weighted by Crippen LogP contribution is -2.08. The number of rotatable bonds is 6. The van der Waals surface area contributed by atoms with Crippen LogP contribution in [0.5, 0.6) is 5.75 Å². The minimum absolute atomic E-state index is 0.195. The normalized spacial score (nSPS) is 11.8. The van der Waals surface area contributed by atoms with Crippen LogP contribution in [0.15, 0.2) is 30.6 Å². The number of ether oxygens (including phenoxy) is 1. The van der Waals surface area contributed by atoms with Crippen LogP contribution < -0.4 is 10.1 Å². The average Bonchev–Trinajstić information content (AvgIpc) is 2.57. The van der Waals surface area contributed by atoms with E-state index in [0.29, 0.717) is 22.5 Å². The van der Waals surface area contributed by atoms with Crippen molar-refractivity contribution < 1.29 is 9.13 Å². The van der Waals surface area contributed by atoms with Crippen LogP contribution in [0.3, 0.4) is 0 Å². The number of hydrogen-bond donors (Lipinski definition) is 1. The molecule has 1 heterocycles. The molecule has 24 heavy (non-hydrogen) atoms. The van der Waals surface area contributed by atoms with Crippen molar-refractivity contribution in [1.82, 2.24) is 9.97 Å². The molecule has 1 aromatic carbocycles. The first-order chi connectivity index (χ1) is 11.5. The molecule has 1 atom stereocenters. The summed E-state index contributed by atoms with van der Waals surface area (Å²) >= 11 is 12.5. The van der Waals surface area contributed by atoms with Gasteiger partial charge in [-0.3, -0.25) is 0 Å². The van der Waals surface area contributed by atoms with Gasteiger partial charge in [0.05, 0.1) is 5.69 Å². The second-order valence-electron chi connectivity index (χ2n) is 4.91. The van der Waals surface area contributed by atoms with E-state index in [1.807, 2.05) is 30.5 Å². The number of aromatic nitrogens is 2. The zero-order valence-corrected chi connectivity index (χ0v) is 15.6. The number of alkyl halides is 1. The quantitative estimate of drug-likeness (QED) is 0.718. The first-order valence-corrected chi connectivity index (χ1v) is 9.25. The van der Waals surface area contributed by atoms with Crippen molar-refractivity contribution >= 4 is 45.8 Å². The van der Waals surface area contributed by atoms with Crippen LogP contribution in [0.2, 0.25) is 5.02 Å². The molecule has 0 aliphatic rings. The lowest BCUT2D eigenvalue weighted by atomic mass is 10.1. The molecular formula is C16H17ClFN3OS2. The Hall–Kier alpha value is -1.44. The maximum absolute atomic E-state index is 13.4. The van der Waals surface area contributed by atoms with Crippen molar-refractivity contribution in [2.75, 3.05) is 18.1 Å². The van der Waals surface area contributed by atoms with E-state index >= 15 is 0 Å². The highest BCUT2D eigenvalue weighted by Gasteiger charge is 2.14. The fourth-order valence-electron chi connectivity index (χ4n) is 1.97. The fraction of sp³-hybridized carbons (Fsp3) is 0.312. The molecule has 0 bridgehead atoms. The molecule has 1 unspecified atom stereocenters. The molecule has 2 rings (SSSR count). The molecule has 1 aromatic heterocycles. The first kappa shape index (κ1) is 18.9. The van der Waals surface area contributed by atoms with Crippen LogP contribution >= 0.6 is 35.6 Å². The Labute approximate surface area is 155 Å². The van der Waals surface area contributed by atoms with E-state index in [9.17, 15) is 4.39 Å². The third-order valence-corrected chi connectivity index (χ3v) is 4.56. The van der Waals surface area contributed by atoms with E-state index in [0.717, 1.165) is 12.0 Å². The van der Waals surface area contributed by atoms with Crippen LogP contribution in [0.4, 0.5) is 10.2 Å². The molecule has 0 amide bonds. The summed E-state index contributed by atoms with van der Waals surface area (Å²) < 4.78 is 19.3. The maximum Gasteiger partial charge on any atom is 0.225 e. The van der Waals surface area contributed by atoms with E-state index in [2.05, 4.69) is 15.3 Å². The van der Waals surface area contributed by atoms with Crippen molar-refractivity contribution in [3.8, 4) is 5.75 Å². The van der Waals surface area contributed by atoms with Gasteiger partial charge in [-0.05, 0) is 49.5 Å². The van der Waals surface area contributed by atoms with Gasteiger partial charge < -0.3 is 10.1 Å². The predicted molar refractivity (Wildman–Crippen MR) is 102 cm³/mol. The molecule has 0 radical (unpaired) electrons. The monoisotopic (exact) mass is 385 g/mol. The summed E-state index contributed by atoms with van der Waals surface area (Å²) in [5.74, 6) is 1.16. The number of anilines is 1. The SMILES string of the molecule is CSC(=S)Oc1ccc(CCNc2ncnc(C(C)F)c2Cl)cc1. The molecule has 2 aromatic rings. The number of nitrogens with zero attached hydrogens (tertiary/aromatic N) is 2. The molecule has 8 heteroatoms. The van der Waals surface area contributed by atoms with Gasteiger partial charge in [0.2, 0.25) is 4.38 Å². The van der Waals surface area contributed by atoms with Gasteiger partial charge in [0, 0.05) is 6.54 Å². The largest absolute Gasteiger partial charge is 0.440 e. The number of thioether (sulfide) groups is 1. The minimum atomic E-state index is -1.24. The van der Waals surface area contributed by atoms with Gasteiger partial charge >= 0.3 is 0 Å². The Bertz CT molecular complexity index is 698. The number of halogens is 2. The molecule has 0 saturated heterocycles. The smallest absolute Gasteiger partial charge is 0.225 e. The zero-order valence-electron chi connectivity index (χ0n) is 13.3. The van der Waals surface area contributed by atoms with Gasteiger partial charge in [0.25, 0.3) is 0 Å². The number of hydrogen-bond acceptors (Lipinski definition) is 6. The van der Waals surface area contributed by atoms with Gasteiger partial charge in [0.1, 0.15) is 29.1 Å². The fourth-order valence-corrected chi connectivity index (χ4v) is 2.56. The second-order valence-corrected chi connectivity index (χ2v) is 6.70. The summed E-state index contributed by atoms with van der Waals surface area (Å²) in [6.07, 6.45) is 2.70. The predicted octanol–water partition coefficient (Wildman–Crippen LogP) is 4.84. The van der Waals surface area contributed by atoms with Crippen LogP contribution in [-0.2, 0) is 6.42 Å². The number of nitrogens with one attached hydrogen (secondary N) is 1. The van der Waals surface area contributed by atoms with Crippen molar-refractivity contribution in [2.45, 2.75) is 19.5 Å². The minimum Gasteiger partial charge on any atom is -0.440 e. The van der Waals surface area contributed by atoms with Crippen LogP contribution in [-0.4, -0.2) is 27.2 Å². The summed E-state index contributed by atoms with van der Waals surface area (Å²) in [6, 6.07) is 7.68. The highest BCUT2D eigenvalue weighted by atomic mass is 35.5. The maximum atomic E-state index is 13.4. The zero-order chi connectivity index (χ0) is 17.5. The van der Waals surface area contributed by atoms with Crippen molar-refractivity contribution in [3.63, 3.8) is 0 Å². The van der Waals surface area contributed by atoms with Gasteiger partial charge in [0.15, 0.2) is 0 Å². The third-order valence-electron chi connectivity index (χ3n) is 3.19. The Balaban J connectivity index is 1.90. The molecule has 0 fully saturated rings. The Morgan fingerprint density at radius 2 is 2.08 bits per heavy atom. The van der Waals surface area contributed by atoms with Gasteiger partial charge in [-0.2, -0.15) is 0 Å². The molecule has 0 spiro atoms. The summed E-state index contributed by atoms with van der Waals surface area (Å²) in [4.78, 5) is 7.91. The summed E-state index contributed by atoms with van der Waals surface area (Å²) in [5, 5.41) is 3.33. The summed E-state index contributed by atoms with van der Waals surface area (Å²) in [6.45, 7) is 2.00. The molecule has 0 saturated carbocycles. The van der Waals surface area contributed by atoms with Gasteiger partial charge in [-0.25, -0.2) is 14.4 Å². The highest BCUT2D eigenvalue weighted by molar-refractivity contribution is 8.22. The topological polar surface area (TPSA) is 47.0 Å². The van der Waals surface area contributed by atoms with Crippen LogP contribution in [0.25, 0.3) is 0 Å². The average molecular weight is 386 g/mol. The van der Waals surface area contributed by atoms with Crippen molar-refractivity contribution in [1.29, 1.82) is 0 Å². The van der Waals surface area contributed by atoms with E-state index in [1.165, 1.54) is 25.0 Å². The van der Waals surface area contributed by atoms with Gasteiger partial charge in [-0.1, -0.05) is 35.5 Å². The second kappa shape index (κ2) is 9.15. The lowest BCUT2D eigenvalue weighted by molar-refractivity contribution is 0.365. The lowest BCUT2D eigenvalue weighted by Gasteiger charge is -2.11. The first-order valence-electron chi connectivity index (χ1n) is 7.24. The molecule has 0 aliphatic carbocycles.